The number of nitrogens with zero attached hydrogens (tertiary/aromatic N) is 1. The van der Waals surface area contributed by atoms with Crippen LogP contribution in [-0.4, -0.2) is 35.7 Å². The van der Waals surface area contributed by atoms with Crippen molar-refractivity contribution >= 4 is 18.9 Å². The molecule has 0 radical (unpaired) electrons. The molecule has 2 heterocycles. The van der Waals surface area contributed by atoms with Gasteiger partial charge < -0.3 is 9.31 Å². The third-order valence-electron chi connectivity index (χ3n) is 6.51. The maximum Gasteiger partial charge on any atom is 0.477 e. The second-order valence-electron chi connectivity index (χ2n) is 7.67. The van der Waals surface area contributed by atoms with Gasteiger partial charge in [-0.05, 0) is 61.6 Å². The van der Waals surface area contributed by atoms with E-state index in [2.05, 4.69) is 20.8 Å². The molecule has 0 aromatic rings. The summed E-state index contributed by atoms with van der Waals surface area (Å²) in [5.74, 6) is 1.69. The fraction of sp³-hybridized carbons (Fsp3) is 1.00. The summed E-state index contributed by atoms with van der Waals surface area (Å²) in [5.41, 5.74) is 0.322. The highest BCUT2D eigenvalue weighted by Crippen LogP contribution is 2.65. The van der Waals surface area contributed by atoms with E-state index in [1.165, 1.54) is 6.42 Å². The van der Waals surface area contributed by atoms with Crippen molar-refractivity contribution in [2.24, 2.45) is 17.3 Å². The van der Waals surface area contributed by atoms with Crippen LogP contribution in [-0.2, 0) is 9.31 Å². The van der Waals surface area contributed by atoms with E-state index in [0.717, 1.165) is 31.7 Å². The zero-order chi connectivity index (χ0) is 13.4. The van der Waals surface area contributed by atoms with Crippen LogP contribution in [0.1, 0.15) is 46.5 Å². The summed E-state index contributed by atoms with van der Waals surface area (Å²) in [4.78, 5) is 0. The molecule has 0 N–H and O–H groups in total. The van der Waals surface area contributed by atoms with E-state index in [1.54, 1.807) is 0 Å². The van der Waals surface area contributed by atoms with E-state index in [4.69, 9.17) is 21.1 Å². The summed E-state index contributed by atoms with van der Waals surface area (Å²) in [6, 6.07) is 0. The van der Waals surface area contributed by atoms with Crippen molar-refractivity contribution in [3.8, 4) is 0 Å². The van der Waals surface area contributed by atoms with Crippen LogP contribution in [0.5, 0.6) is 0 Å². The van der Waals surface area contributed by atoms with Gasteiger partial charge in [-0.3, -0.25) is 0 Å². The summed E-state index contributed by atoms with van der Waals surface area (Å²) in [6.07, 6.45) is 4.99. The van der Waals surface area contributed by atoms with Crippen molar-refractivity contribution in [2.45, 2.75) is 64.1 Å². The summed E-state index contributed by atoms with van der Waals surface area (Å²) in [7, 11) is -0.120. The molecule has 0 amide bonds. The van der Waals surface area contributed by atoms with Gasteiger partial charge in [0.1, 0.15) is 0 Å². The van der Waals surface area contributed by atoms with Crippen molar-refractivity contribution in [1.29, 1.82) is 0 Å². The first kappa shape index (κ1) is 12.9. The Hall–Kier alpha value is 0.235. The zero-order valence-corrected chi connectivity index (χ0v) is 12.8. The van der Waals surface area contributed by atoms with Gasteiger partial charge >= 0.3 is 7.12 Å². The topological polar surface area (TPSA) is 21.7 Å². The average molecular weight is 284 g/mol. The molecule has 5 rings (SSSR count). The average Bonchev–Trinajstić information content (AvgIpc) is 2.90. The Morgan fingerprint density at radius 1 is 1.26 bits per heavy atom. The molecule has 0 unspecified atom stereocenters. The lowest BCUT2D eigenvalue weighted by molar-refractivity contribution is -0.199. The molecule has 5 heteroatoms. The van der Waals surface area contributed by atoms with Gasteiger partial charge in [-0.15, -0.1) is 0 Å². The fourth-order valence-electron chi connectivity index (χ4n) is 5.09. The minimum Gasteiger partial charge on any atom is -0.404 e. The van der Waals surface area contributed by atoms with Crippen LogP contribution in [0.25, 0.3) is 0 Å². The highest BCUT2D eigenvalue weighted by molar-refractivity contribution is 6.48. The van der Waals surface area contributed by atoms with Crippen LogP contribution in [0, 0.1) is 17.3 Å². The monoisotopic (exact) mass is 283 g/mol. The Morgan fingerprint density at radius 2 is 2.05 bits per heavy atom. The first-order valence-electron chi connectivity index (χ1n) is 7.68. The predicted octanol–water partition coefficient (Wildman–Crippen LogP) is 2.87. The Morgan fingerprint density at radius 3 is 2.68 bits per heavy atom. The molecule has 3 saturated carbocycles. The van der Waals surface area contributed by atoms with Crippen LogP contribution >= 0.6 is 11.8 Å². The van der Waals surface area contributed by atoms with Crippen molar-refractivity contribution in [3.05, 3.63) is 0 Å². The standard InChI is InChI=1S/C14H23BClNO2/c1-13(2)9-7-10(13)14(3)11(8-9)18-15(19-14)12-5-4-6-17(12)16/h9-12H,4-8H2,1-3H3/t9-,10-,11+,12-,14-/m0/s1. The molecular formula is C14H23BClNO2. The molecule has 0 aromatic heterocycles. The van der Waals surface area contributed by atoms with E-state index in [9.17, 15) is 0 Å². The molecule has 19 heavy (non-hydrogen) atoms. The van der Waals surface area contributed by atoms with Gasteiger partial charge in [0.2, 0.25) is 0 Å². The van der Waals surface area contributed by atoms with E-state index in [-0.39, 0.29) is 24.8 Å². The Bertz CT molecular complexity index is 407. The summed E-state index contributed by atoms with van der Waals surface area (Å²) in [6.45, 7) is 8.02. The number of hydrogen-bond donors (Lipinski definition) is 0. The molecule has 0 aromatic carbocycles. The molecular weight excluding hydrogens is 260 g/mol. The minimum absolute atomic E-state index is 0.0940. The molecule has 3 nitrogen and oxygen atoms in total. The molecule has 106 valence electrons. The number of hydrogen-bond acceptors (Lipinski definition) is 3. The minimum atomic E-state index is -0.120. The van der Waals surface area contributed by atoms with Gasteiger partial charge in [0.25, 0.3) is 0 Å². The Labute approximate surface area is 121 Å². The molecule has 5 atom stereocenters. The van der Waals surface area contributed by atoms with E-state index in [0.29, 0.717) is 11.3 Å². The quantitative estimate of drug-likeness (QED) is 0.546. The van der Waals surface area contributed by atoms with Crippen LogP contribution in [0.2, 0.25) is 0 Å². The number of rotatable bonds is 1. The molecule has 3 aliphatic carbocycles. The first-order valence-corrected chi connectivity index (χ1v) is 8.02. The molecule has 0 spiro atoms. The first-order chi connectivity index (χ1) is 8.93. The van der Waals surface area contributed by atoms with Gasteiger partial charge in [-0.2, -0.15) is 0 Å². The highest BCUT2D eigenvalue weighted by atomic mass is 35.5. The van der Waals surface area contributed by atoms with Gasteiger partial charge in [0, 0.05) is 6.54 Å². The summed E-state index contributed by atoms with van der Waals surface area (Å²) >= 11 is 6.28. The van der Waals surface area contributed by atoms with Crippen LogP contribution in [0.15, 0.2) is 0 Å². The van der Waals surface area contributed by atoms with Gasteiger partial charge in [0.05, 0.1) is 17.6 Å². The highest BCUT2D eigenvalue weighted by Gasteiger charge is 2.68. The predicted molar refractivity (Wildman–Crippen MR) is 75.7 cm³/mol. The summed E-state index contributed by atoms with van der Waals surface area (Å²) < 4.78 is 14.6. The molecule has 2 aliphatic heterocycles. The second-order valence-corrected chi connectivity index (χ2v) is 8.10. The molecule has 5 aliphatic rings. The van der Waals surface area contributed by atoms with Gasteiger partial charge in [0.15, 0.2) is 0 Å². The lowest BCUT2D eigenvalue weighted by atomic mass is 9.43. The maximum absolute atomic E-state index is 6.44. The van der Waals surface area contributed by atoms with Gasteiger partial charge in [-0.25, -0.2) is 4.42 Å². The summed E-state index contributed by atoms with van der Waals surface area (Å²) in [5, 5.41) is 0. The zero-order valence-electron chi connectivity index (χ0n) is 12.1. The lowest BCUT2D eigenvalue weighted by Gasteiger charge is -2.64. The van der Waals surface area contributed by atoms with E-state index < -0.39 is 0 Å². The van der Waals surface area contributed by atoms with Crippen molar-refractivity contribution in [2.75, 3.05) is 6.54 Å². The molecule has 2 bridgehead atoms. The lowest BCUT2D eigenvalue weighted by Crippen LogP contribution is -2.65. The largest absolute Gasteiger partial charge is 0.477 e. The van der Waals surface area contributed by atoms with E-state index in [1.807, 2.05) is 4.42 Å². The van der Waals surface area contributed by atoms with Gasteiger partial charge in [-0.1, -0.05) is 13.8 Å². The van der Waals surface area contributed by atoms with Crippen molar-refractivity contribution < 1.29 is 9.31 Å². The SMILES string of the molecule is CC1(C)[C@@H]2C[C@H]3OB([C@@H]4CCCN4Cl)O[C@@]3(C)[C@H]1C2. The van der Waals surface area contributed by atoms with E-state index >= 15 is 0 Å². The second kappa shape index (κ2) is 3.91. The molecule has 2 saturated heterocycles. The fourth-order valence-corrected chi connectivity index (χ4v) is 5.40. The maximum atomic E-state index is 6.44. The molecule has 5 fully saturated rings. The van der Waals surface area contributed by atoms with Crippen molar-refractivity contribution in [3.63, 3.8) is 0 Å². The Kier molecular flexibility index (Phi) is 2.66. The Balaban J connectivity index is 1.57. The smallest absolute Gasteiger partial charge is 0.404 e. The van der Waals surface area contributed by atoms with Crippen molar-refractivity contribution in [1.82, 2.24) is 4.42 Å². The van der Waals surface area contributed by atoms with Crippen LogP contribution < -0.4 is 0 Å². The van der Waals surface area contributed by atoms with Crippen LogP contribution in [0.3, 0.4) is 0 Å². The normalized spacial score (nSPS) is 52.1. The third-order valence-corrected chi connectivity index (χ3v) is 6.93. The third kappa shape index (κ3) is 1.58. The number of halogens is 1. The van der Waals surface area contributed by atoms with Crippen LogP contribution in [0.4, 0.5) is 0 Å².